The Morgan fingerprint density at radius 1 is 0.913 bits per heavy atom. The van der Waals surface area contributed by atoms with E-state index in [9.17, 15) is 9.90 Å². The molecule has 0 heterocycles. The molecule has 1 atom stereocenters. The highest BCUT2D eigenvalue weighted by Gasteiger charge is 1.94. The molecule has 3 nitrogen and oxygen atoms in total. The summed E-state index contributed by atoms with van der Waals surface area (Å²) >= 11 is 0. The van der Waals surface area contributed by atoms with E-state index in [0.29, 0.717) is 12.8 Å². The number of aliphatic carboxylic acids is 1. The van der Waals surface area contributed by atoms with Crippen LogP contribution in [0, 0.1) is 0 Å². The fraction of sp³-hybridized carbons (Fsp3) is 0.650. The van der Waals surface area contributed by atoms with Crippen molar-refractivity contribution in [2.75, 3.05) is 0 Å². The molecule has 0 rings (SSSR count). The van der Waals surface area contributed by atoms with Gasteiger partial charge < -0.3 is 10.2 Å². The topological polar surface area (TPSA) is 57.5 Å². The van der Waals surface area contributed by atoms with Gasteiger partial charge in [-0.3, -0.25) is 4.79 Å². The van der Waals surface area contributed by atoms with Crippen molar-refractivity contribution >= 4 is 5.97 Å². The lowest BCUT2D eigenvalue weighted by atomic mass is 10.1. The number of carboxylic acids is 1. The number of allylic oxidation sites excluding steroid dienone is 4. The van der Waals surface area contributed by atoms with Gasteiger partial charge in [-0.05, 0) is 38.5 Å². The molecule has 0 saturated carbocycles. The highest BCUT2D eigenvalue weighted by Crippen LogP contribution is 2.06. The van der Waals surface area contributed by atoms with Crippen molar-refractivity contribution in [2.45, 2.75) is 83.7 Å². The van der Waals surface area contributed by atoms with Crippen molar-refractivity contribution < 1.29 is 15.0 Å². The van der Waals surface area contributed by atoms with Crippen molar-refractivity contribution in [3.8, 4) is 0 Å². The fourth-order valence-electron chi connectivity index (χ4n) is 2.19. The predicted octanol–water partition coefficient (Wildman–Crippen LogP) is 5.41. The molecule has 0 spiro atoms. The summed E-state index contributed by atoms with van der Waals surface area (Å²) in [5, 5.41) is 18.3. The number of hydrogen-bond acceptors (Lipinski definition) is 2. The van der Waals surface area contributed by atoms with E-state index in [1.807, 2.05) is 30.4 Å². The van der Waals surface area contributed by atoms with Crippen LogP contribution in [0.3, 0.4) is 0 Å². The van der Waals surface area contributed by atoms with Crippen molar-refractivity contribution in [1.29, 1.82) is 0 Å². The molecular weight excluding hydrogens is 288 g/mol. The Hall–Kier alpha value is -1.35. The standard InChI is InChI=1S/C20H34O3/c1-2-3-4-5-7-10-13-16-19(21)17-14-11-8-6-9-12-15-18-20(22)23/h6,9,11,13-14,16,19,21H,2-5,7-8,10,12,15,17-18H2,1H3,(H,22,23)/b9-6+,14-11+,16-13+. The molecule has 0 aliphatic heterocycles. The summed E-state index contributed by atoms with van der Waals surface area (Å²) < 4.78 is 0. The number of aliphatic hydroxyl groups is 1. The van der Waals surface area contributed by atoms with Crippen LogP contribution in [0.5, 0.6) is 0 Å². The average Bonchev–Trinajstić information content (AvgIpc) is 2.52. The van der Waals surface area contributed by atoms with Crippen LogP contribution in [0.15, 0.2) is 36.5 Å². The van der Waals surface area contributed by atoms with E-state index in [1.54, 1.807) is 0 Å². The molecule has 0 aliphatic rings. The molecule has 23 heavy (non-hydrogen) atoms. The molecular formula is C20H34O3. The third kappa shape index (κ3) is 18.6. The Balaban J connectivity index is 3.51. The van der Waals surface area contributed by atoms with E-state index >= 15 is 0 Å². The van der Waals surface area contributed by atoms with Gasteiger partial charge in [0.2, 0.25) is 0 Å². The molecule has 0 saturated heterocycles. The van der Waals surface area contributed by atoms with Gasteiger partial charge in [-0.1, -0.05) is 69.1 Å². The van der Waals surface area contributed by atoms with E-state index in [-0.39, 0.29) is 12.5 Å². The monoisotopic (exact) mass is 322 g/mol. The SMILES string of the molecule is CCCCCCC/C=C/C(O)C/C=C/C/C=C/CCCC(=O)O. The minimum Gasteiger partial charge on any atom is -0.481 e. The molecule has 0 bridgehead atoms. The largest absolute Gasteiger partial charge is 0.481 e. The number of hydrogen-bond donors (Lipinski definition) is 2. The zero-order valence-electron chi connectivity index (χ0n) is 14.6. The Morgan fingerprint density at radius 2 is 1.61 bits per heavy atom. The number of carboxylic acid groups (broad SMARTS) is 1. The second kappa shape index (κ2) is 17.0. The summed E-state index contributed by atoms with van der Waals surface area (Å²) in [4.78, 5) is 10.3. The van der Waals surface area contributed by atoms with E-state index in [0.717, 1.165) is 19.3 Å². The van der Waals surface area contributed by atoms with E-state index in [1.165, 1.54) is 32.1 Å². The minimum atomic E-state index is -0.735. The van der Waals surface area contributed by atoms with Crippen LogP contribution in [0.2, 0.25) is 0 Å². The predicted molar refractivity (Wildman–Crippen MR) is 97.5 cm³/mol. The van der Waals surface area contributed by atoms with Gasteiger partial charge in [-0.2, -0.15) is 0 Å². The summed E-state index contributed by atoms with van der Waals surface area (Å²) in [6.45, 7) is 2.22. The number of unbranched alkanes of at least 4 members (excludes halogenated alkanes) is 6. The highest BCUT2D eigenvalue weighted by atomic mass is 16.4. The normalized spacial score (nSPS) is 13.5. The van der Waals surface area contributed by atoms with E-state index in [2.05, 4.69) is 13.0 Å². The lowest BCUT2D eigenvalue weighted by molar-refractivity contribution is -0.137. The summed E-state index contributed by atoms with van der Waals surface area (Å²) in [7, 11) is 0. The van der Waals surface area contributed by atoms with Gasteiger partial charge in [0.25, 0.3) is 0 Å². The summed E-state index contributed by atoms with van der Waals surface area (Å²) in [6.07, 6.45) is 22.4. The zero-order chi connectivity index (χ0) is 17.2. The Morgan fingerprint density at radius 3 is 2.35 bits per heavy atom. The summed E-state index contributed by atoms with van der Waals surface area (Å²) in [6, 6.07) is 0. The maximum Gasteiger partial charge on any atom is 0.303 e. The molecule has 0 amide bonds. The van der Waals surface area contributed by atoms with Crippen LogP contribution in [0.1, 0.15) is 77.6 Å². The maximum absolute atomic E-state index is 10.3. The molecule has 1 unspecified atom stereocenters. The lowest BCUT2D eigenvalue weighted by Gasteiger charge is -2.01. The van der Waals surface area contributed by atoms with Crippen LogP contribution < -0.4 is 0 Å². The van der Waals surface area contributed by atoms with Gasteiger partial charge in [0.1, 0.15) is 0 Å². The molecule has 0 aromatic heterocycles. The highest BCUT2D eigenvalue weighted by molar-refractivity contribution is 5.66. The van der Waals surface area contributed by atoms with E-state index in [4.69, 9.17) is 5.11 Å². The van der Waals surface area contributed by atoms with Gasteiger partial charge in [0.05, 0.1) is 6.10 Å². The molecule has 0 fully saturated rings. The van der Waals surface area contributed by atoms with Gasteiger partial charge in [0, 0.05) is 6.42 Å². The lowest BCUT2D eigenvalue weighted by Crippen LogP contribution is -1.98. The van der Waals surface area contributed by atoms with Gasteiger partial charge in [0.15, 0.2) is 0 Å². The van der Waals surface area contributed by atoms with Crippen molar-refractivity contribution in [1.82, 2.24) is 0 Å². The third-order valence-electron chi connectivity index (χ3n) is 3.58. The third-order valence-corrected chi connectivity index (χ3v) is 3.58. The maximum atomic E-state index is 10.3. The first kappa shape index (κ1) is 21.6. The molecule has 0 radical (unpaired) electrons. The Bertz CT molecular complexity index is 356. The second-order valence-corrected chi connectivity index (χ2v) is 5.90. The molecule has 132 valence electrons. The summed E-state index contributed by atoms with van der Waals surface area (Å²) in [5.41, 5.74) is 0. The van der Waals surface area contributed by atoms with Gasteiger partial charge in [-0.25, -0.2) is 0 Å². The zero-order valence-corrected chi connectivity index (χ0v) is 14.6. The van der Waals surface area contributed by atoms with Crippen molar-refractivity contribution in [3.63, 3.8) is 0 Å². The quantitative estimate of drug-likeness (QED) is 0.313. The first-order chi connectivity index (χ1) is 11.2. The van der Waals surface area contributed by atoms with Crippen molar-refractivity contribution in [3.05, 3.63) is 36.5 Å². The number of aliphatic hydroxyl groups excluding tert-OH is 1. The second-order valence-electron chi connectivity index (χ2n) is 5.90. The molecule has 2 N–H and O–H groups in total. The minimum absolute atomic E-state index is 0.233. The molecule has 0 aromatic carbocycles. The fourth-order valence-corrected chi connectivity index (χ4v) is 2.19. The van der Waals surface area contributed by atoms with Crippen LogP contribution >= 0.6 is 0 Å². The summed E-state index contributed by atoms with van der Waals surface area (Å²) in [5.74, 6) is -0.735. The van der Waals surface area contributed by atoms with Crippen LogP contribution in [0.25, 0.3) is 0 Å². The number of carbonyl (C=O) groups is 1. The number of rotatable bonds is 15. The van der Waals surface area contributed by atoms with Gasteiger partial charge in [-0.15, -0.1) is 0 Å². The van der Waals surface area contributed by atoms with Crippen molar-refractivity contribution in [2.24, 2.45) is 0 Å². The van der Waals surface area contributed by atoms with Gasteiger partial charge >= 0.3 is 5.97 Å². The van der Waals surface area contributed by atoms with Crippen LogP contribution in [-0.2, 0) is 4.79 Å². The average molecular weight is 322 g/mol. The molecule has 0 aromatic rings. The first-order valence-corrected chi connectivity index (χ1v) is 9.03. The Kier molecular flexibility index (Phi) is 16.0. The first-order valence-electron chi connectivity index (χ1n) is 9.03. The molecule has 0 aliphatic carbocycles. The van der Waals surface area contributed by atoms with Crippen LogP contribution in [0.4, 0.5) is 0 Å². The van der Waals surface area contributed by atoms with Crippen LogP contribution in [-0.4, -0.2) is 22.3 Å². The molecule has 3 heteroatoms. The van der Waals surface area contributed by atoms with E-state index < -0.39 is 5.97 Å². The smallest absolute Gasteiger partial charge is 0.303 e. The Labute approximate surface area is 141 Å².